The number of ether oxygens (including phenoxy) is 1. The van der Waals surface area contributed by atoms with Crippen molar-refractivity contribution in [3.05, 3.63) is 36.0 Å². The largest absolute Gasteiger partial charge is 0.497 e. The summed E-state index contributed by atoms with van der Waals surface area (Å²) in [5.74, 6) is 2.44. The normalized spacial score (nSPS) is 22.5. The fraction of sp³-hybridized carbons (Fsp3) is 0.550. The zero-order valence-electron chi connectivity index (χ0n) is 14.8. The number of benzene rings is 1. The van der Waals surface area contributed by atoms with E-state index in [-0.39, 0.29) is 6.04 Å². The van der Waals surface area contributed by atoms with Crippen LogP contribution in [0.3, 0.4) is 0 Å². The van der Waals surface area contributed by atoms with Crippen LogP contribution in [-0.4, -0.2) is 25.2 Å². The molecule has 0 bridgehead atoms. The Morgan fingerprint density at radius 2 is 2.21 bits per heavy atom. The van der Waals surface area contributed by atoms with E-state index in [0.717, 1.165) is 48.0 Å². The van der Waals surface area contributed by atoms with Gasteiger partial charge >= 0.3 is 0 Å². The second-order valence-corrected chi connectivity index (χ2v) is 6.89. The lowest BCUT2D eigenvalue weighted by Crippen LogP contribution is -2.36. The van der Waals surface area contributed by atoms with Crippen molar-refractivity contribution in [1.29, 1.82) is 0 Å². The van der Waals surface area contributed by atoms with Gasteiger partial charge in [-0.15, -0.1) is 0 Å². The third kappa shape index (κ3) is 3.70. The van der Waals surface area contributed by atoms with Crippen LogP contribution in [0.1, 0.15) is 44.2 Å². The van der Waals surface area contributed by atoms with Gasteiger partial charge in [0.1, 0.15) is 5.75 Å². The number of fused-ring (bicyclic) bond motifs is 1. The van der Waals surface area contributed by atoms with E-state index in [4.69, 9.17) is 10.5 Å². The highest BCUT2D eigenvalue weighted by Gasteiger charge is 2.24. The van der Waals surface area contributed by atoms with Crippen molar-refractivity contribution >= 4 is 10.9 Å². The molecule has 0 saturated carbocycles. The first-order valence-electron chi connectivity index (χ1n) is 9.12. The van der Waals surface area contributed by atoms with E-state index in [1.807, 2.05) is 18.3 Å². The SMILES string of the molecule is CC[C@H]1CNCCC1CC[C@H](N)c1ccnc2ccc(OC)cc12. The third-order valence-corrected chi connectivity index (χ3v) is 5.52. The van der Waals surface area contributed by atoms with Crippen LogP contribution < -0.4 is 15.8 Å². The molecule has 1 aromatic carbocycles. The molecule has 3 rings (SSSR count). The Bertz CT molecular complexity index is 673. The fourth-order valence-corrected chi connectivity index (χ4v) is 3.98. The molecule has 4 heteroatoms. The van der Waals surface area contributed by atoms with Crippen LogP contribution in [0.15, 0.2) is 30.5 Å². The first kappa shape index (κ1) is 17.2. The summed E-state index contributed by atoms with van der Waals surface area (Å²) in [5, 5.41) is 4.63. The van der Waals surface area contributed by atoms with Gasteiger partial charge in [0.05, 0.1) is 12.6 Å². The summed E-state index contributed by atoms with van der Waals surface area (Å²) < 4.78 is 5.37. The third-order valence-electron chi connectivity index (χ3n) is 5.52. The van der Waals surface area contributed by atoms with Crippen molar-refractivity contribution in [3.8, 4) is 5.75 Å². The van der Waals surface area contributed by atoms with Crippen molar-refractivity contribution in [2.24, 2.45) is 17.6 Å². The second-order valence-electron chi connectivity index (χ2n) is 6.89. The summed E-state index contributed by atoms with van der Waals surface area (Å²) in [6.07, 6.45) is 6.62. The van der Waals surface area contributed by atoms with Crippen LogP contribution in [-0.2, 0) is 0 Å². The van der Waals surface area contributed by atoms with Gasteiger partial charge in [0.2, 0.25) is 0 Å². The van der Waals surface area contributed by atoms with Crippen molar-refractivity contribution in [2.75, 3.05) is 20.2 Å². The van der Waals surface area contributed by atoms with E-state index in [2.05, 4.69) is 29.4 Å². The molecule has 4 nitrogen and oxygen atoms in total. The Balaban J connectivity index is 1.74. The lowest BCUT2D eigenvalue weighted by Gasteiger charge is -2.32. The molecule has 3 N–H and O–H groups in total. The first-order chi connectivity index (χ1) is 11.7. The summed E-state index contributed by atoms with van der Waals surface area (Å²) in [7, 11) is 1.69. The minimum atomic E-state index is 0.0509. The van der Waals surface area contributed by atoms with Crippen LogP contribution in [0.25, 0.3) is 10.9 Å². The summed E-state index contributed by atoms with van der Waals surface area (Å²) in [4.78, 5) is 4.46. The number of nitrogens with one attached hydrogen (secondary N) is 1. The van der Waals surface area contributed by atoms with E-state index < -0.39 is 0 Å². The maximum atomic E-state index is 6.57. The van der Waals surface area contributed by atoms with Crippen molar-refractivity contribution in [2.45, 2.75) is 38.6 Å². The Labute approximate surface area is 144 Å². The van der Waals surface area contributed by atoms with Crippen LogP contribution >= 0.6 is 0 Å². The molecule has 0 amide bonds. The molecule has 0 radical (unpaired) electrons. The van der Waals surface area contributed by atoms with Gasteiger partial charge in [-0.1, -0.05) is 13.3 Å². The fourth-order valence-electron chi connectivity index (χ4n) is 3.98. The predicted octanol–water partition coefficient (Wildman–Crippen LogP) is 3.66. The molecule has 3 atom stereocenters. The number of methoxy groups -OCH3 is 1. The Kier molecular flexibility index (Phi) is 5.69. The average molecular weight is 327 g/mol. The predicted molar refractivity (Wildman–Crippen MR) is 99.2 cm³/mol. The minimum Gasteiger partial charge on any atom is -0.497 e. The Morgan fingerprint density at radius 1 is 1.33 bits per heavy atom. The van der Waals surface area contributed by atoms with Crippen molar-refractivity contribution < 1.29 is 4.74 Å². The average Bonchev–Trinajstić information content (AvgIpc) is 2.65. The maximum absolute atomic E-state index is 6.57. The summed E-state index contributed by atoms with van der Waals surface area (Å²) in [6.45, 7) is 4.60. The smallest absolute Gasteiger partial charge is 0.119 e. The Morgan fingerprint density at radius 3 is 3.00 bits per heavy atom. The topological polar surface area (TPSA) is 60.2 Å². The van der Waals surface area contributed by atoms with Crippen LogP contribution in [0.2, 0.25) is 0 Å². The van der Waals surface area contributed by atoms with Gasteiger partial charge in [-0.25, -0.2) is 0 Å². The number of pyridine rings is 1. The van der Waals surface area contributed by atoms with E-state index in [1.165, 1.54) is 24.8 Å². The first-order valence-corrected chi connectivity index (χ1v) is 9.12. The highest BCUT2D eigenvalue weighted by Crippen LogP contribution is 2.32. The lowest BCUT2D eigenvalue weighted by molar-refractivity contribution is 0.226. The highest BCUT2D eigenvalue weighted by molar-refractivity contribution is 5.83. The molecule has 2 heterocycles. The van der Waals surface area contributed by atoms with Crippen LogP contribution in [0.5, 0.6) is 5.75 Å². The molecule has 2 aromatic rings. The molecule has 130 valence electrons. The molecule has 1 aliphatic rings. The molecule has 0 spiro atoms. The van der Waals surface area contributed by atoms with Crippen LogP contribution in [0, 0.1) is 11.8 Å². The molecule has 1 unspecified atom stereocenters. The molecule has 24 heavy (non-hydrogen) atoms. The molecule has 1 aliphatic heterocycles. The Hall–Kier alpha value is -1.65. The van der Waals surface area contributed by atoms with Gasteiger partial charge in [0.15, 0.2) is 0 Å². The van der Waals surface area contributed by atoms with Gasteiger partial charge in [-0.3, -0.25) is 4.98 Å². The van der Waals surface area contributed by atoms with E-state index in [9.17, 15) is 0 Å². The number of piperidine rings is 1. The zero-order valence-corrected chi connectivity index (χ0v) is 14.8. The van der Waals surface area contributed by atoms with E-state index in [0.29, 0.717) is 0 Å². The molecule has 0 aliphatic carbocycles. The molecule has 1 fully saturated rings. The summed E-state index contributed by atoms with van der Waals surface area (Å²) >= 11 is 0. The highest BCUT2D eigenvalue weighted by atomic mass is 16.5. The number of aromatic nitrogens is 1. The van der Waals surface area contributed by atoms with Gasteiger partial charge in [0.25, 0.3) is 0 Å². The summed E-state index contributed by atoms with van der Waals surface area (Å²) in [5.41, 5.74) is 8.74. The van der Waals surface area contributed by atoms with Crippen molar-refractivity contribution in [3.63, 3.8) is 0 Å². The zero-order chi connectivity index (χ0) is 16.9. The van der Waals surface area contributed by atoms with E-state index in [1.54, 1.807) is 7.11 Å². The van der Waals surface area contributed by atoms with Gasteiger partial charge in [0, 0.05) is 17.6 Å². The standard InChI is InChI=1S/C20H29N3O/c1-3-14-13-22-10-8-15(14)4-6-19(21)17-9-11-23-20-7-5-16(24-2)12-18(17)20/h5,7,9,11-12,14-15,19,22H,3-4,6,8,10,13,21H2,1-2H3/t14-,15?,19-/m0/s1. The molecule has 1 aromatic heterocycles. The number of hydrogen-bond donors (Lipinski definition) is 2. The molecule has 1 saturated heterocycles. The lowest BCUT2D eigenvalue weighted by atomic mass is 9.80. The monoisotopic (exact) mass is 327 g/mol. The van der Waals surface area contributed by atoms with Gasteiger partial charge in [-0.05, 0) is 74.0 Å². The molecular formula is C20H29N3O. The van der Waals surface area contributed by atoms with Gasteiger partial charge in [-0.2, -0.15) is 0 Å². The van der Waals surface area contributed by atoms with E-state index >= 15 is 0 Å². The number of nitrogens with two attached hydrogens (primary N) is 1. The van der Waals surface area contributed by atoms with Crippen LogP contribution in [0.4, 0.5) is 0 Å². The quantitative estimate of drug-likeness (QED) is 0.850. The number of nitrogens with zero attached hydrogens (tertiary/aromatic N) is 1. The maximum Gasteiger partial charge on any atom is 0.119 e. The second kappa shape index (κ2) is 7.95. The van der Waals surface area contributed by atoms with Gasteiger partial charge < -0.3 is 15.8 Å². The number of rotatable bonds is 6. The molecular weight excluding hydrogens is 298 g/mol. The van der Waals surface area contributed by atoms with Crippen molar-refractivity contribution in [1.82, 2.24) is 10.3 Å². The minimum absolute atomic E-state index is 0.0509. The summed E-state index contributed by atoms with van der Waals surface area (Å²) in [6, 6.07) is 8.12. The number of hydrogen-bond acceptors (Lipinski definition) is 4.